The van der Waals surface area contributed by atoms with Crippen molar-refractivity contribution in [2.75, 3.05) is 6.79 Å². The van der Waals surface area contributed by atoms with Crippen molar-refractivity contribution in [3.8, 4) is 11.5 Å². The molecule has 1 saturated heterocycles. The molecule has 2 aliphatic heterocycles. The summed E-state index contributed by atoms with van der Waals surface area (Å²) in [5, 5.41) is 2.97. The fourth-order valence-electron chi connectivity index (χ4n) is 2.91. The number of carbonyl (C=O) groups excluding carboxylic acids is 1. The summed E-state index contributed by atoms with van der Waals surface area (Å²) in [5.41, 5.74) is 3.19. The minimum atomic E-state index is 0.0746. The van der Waals surface area contributed by atoms with E-state index < -0.39 is 0 Å². The Morgan fingerprint density at radius 1 is 1.29 bits per heavy atom. The first kappa shape index (κ1) is 14.0. The predicted octanol–water partition coefficient (Wildman–Crippen LogP) is 3.27. The van der Waals surface area contributed by atoms with Gasteiger partial charge in [-0.15, -0.1) is 0 Å². The maximum absolute atomic E-state index is 12.0. The lowest BCUT2D eigenvalue weighted by molar-refractivity contribution is -0.122. The van der Waals surface area contributed by atoms with E-state index in [4.69, 9.17) is 9.47 Å². The van der Waals surface area contributed by atoms with Crippen LogP contribution in [-0.4, -0.2) is 18.7 Å². The number of ether oxygens (including phenoxy) is 2. The van der Waals surface area contributed by atoms with Crippen LogP contribution in [0.15, 0.2) is 23.8 Å². The van der Waals surface area contributed by atoms with Crippen LogP contribution in [-0.2, 0) is 4.79 Å². The summed E-state index contributed by atoms with van der Waals surface area (Å²) in [6.07, 6.45) is 4.05. The van der Waals surface area contributed by atoms with E-state index >= 15 is 0 Å². The van der Waals surface area contributed by atoms with Crippen LogP contribution in [0.4, 0.5) is 0 Å². The minimum absolute atomic E-state index is 0.0746. The number of benzene rings is 1. The van der Waals surface area contributed by atoms with Gasteiger partial charge in [-0.25, -0.2) is 0 Å². The number of fused-ring (bicyclic) bond motifs is 1. The second-order valence-electron chi connectivity index (χ2n) is 5.50. The molecule has 0 aromatic heterocycles. The number of amides is 1. The van der Waals surface area contributed by atoms with Gasteiger partial charge in [-0.1, -0.05) is 26.3 Å². The lowest BCUT2D eigenvalue weighted by Crippen LogP contribution is -2.51. The molecule has 0 saturated carbocycles. The summed E-state index contributed by atoms with van der Waals surface area (Å²) in [7, 11) is 0. The molecule has 1 N–H and O–H groups in total. The summed E-state index contributed by atoms with van der Waals surface area (Å²) >= 11 is 0. The number of rotatable bonds is 5. The first-order valence-corrected chi connectivity index (χ1v) is 7.68. The van der Waals surface area contributed by atoms with Crippen LogP contribution >= 0.6 is 0 Å². The molecule has 4 heteroatoms. The van der Waals surface area contributed by atoms with E-state index in [1.807, 2.05) is 18.2 Å². The van der Waals surface area contributed by atoms with Crippen molar-refractivity contribution in [1.29, 1.82) is 0 Å². The van der Waals surface area contributed by atoms with Gasteiger partial charge in [-0.2, -0.15) is 0 Å². The van der Waals surface area contributed by atoms with E-state index in [0.717, 1.165) is 53.9 Å². The summed E-state index contributed by atoms with van der Waals surface area (Å²) in [5.74, 6) is 1.63. The van der Waals surface area contributed by atoms with Crippen LogP contribution in [0, 0.1) is 0 Å². The van der Waals surface area contributed by atoms with Crippen molar-refractivity contribution in [3.05, 3.63) is 29.3 Å². The van der Waals surface area contributed by atoms with Gasteiger partial charge in [0.2, 0.25) is 12.7 Å². The summed E-state index contributed by atoms with van der Waals surface area (Å²) in [6, 6.07) is 6.15. The van der Waals surface area contributed by atoms with Crippen LogP contribution in [0.2, 0.25) is 0 Å². The molecule has 3 rings (SSSR count). The van der Waals surface area contributed by atoms with Gasteiger partial charge in [-0.3, -0.25) is 4.79 Å². The third kappa shape index (κ3) is 2.50. The average Bonchev–Trinajstić information content (AvgIpc) is 2.95. The lowest BCUT2D eigenvalue weighted by Gasteiger charge is -2.32. The Labute approximate surface area is 125 Å². The Morgan fingerprint density at radius 3 is 2.81 bits per heavy atom. The van der Waals surface area contributed by atoms with Gasteiger partial charge in [0.25, 0.3) is 0 Å². The van der Waals surface area contributed by atoms with Gasteiger partial charge in [0, 0.05) is 5.57 Å². The maximum Gasteiger partial charge on any atom is 0.250 e. The predicted molar refractivity (Wildman–Crippen MR) is 81.2 cm³/mol. The highest BCUT2D eigenvalue weighted by atomic mass is 16.7. The number of β-lactam (4-membered cyclic amide) rings is 1. The van der Waals surface area contributed by atoms with Crippen molar-refractivity contribution in [2.24, 2.45) is 0 Å². The van der Waals surface area contributed by atoms with Crippen LogP contribution in [0.1, 0.15) is 45.1 Å². The van der Waals surface area contributed by atoms with Crippen molar-refractivity contribution >= 4 is 11.5 Å². The first-order chi connectivity index (χ1) is 10.2. The van der Waals surface area contributed by atoms with Crippen molar-refractivity contribution in [2.45, 2.75) is 45.6 Å². The molecule has 1 atom stereocenters. The van der Waals surface area contributed by atoms with Crippen molar-refractivity contribution in [1.82, 2.24) is 5.32 Å². The molecule has 0 aliphatic carbocycles. The van der Waals surface area contributed by atoms with E-state index in [-0.39, 0.29) is 18.7 Å². The monoisotopic (exact) mass is 287 g/mol. The van der Waals surface area contributed by atoms with Gasteiger partial charge >= 0.3 is 0 Å². The molecule has 4 nitrogen and oxygen atoms in total. The maximum atomic E-state index is 12.0. The highest BCUT2D eigenvalue weighted by molar-refractivity contribution is 6.08. The number of hydrogen-bond acceptors (Lipinski definition) is 3. The van der Waals surface area contributed by atoms with Crippen molar-refractivity contribution < 1.29 is 14.3 Å². The Morgan fingerprint density at radius 2 is 2.10 bits per heavy atom. The van der Waals surface area contributed by atoms with Gasteiger partial charge in [0.1, 0.15) is 0 Å². The summed E-state index contributed by atoms with van der Waals surface area (Å²) in [4.78, 5) is 12.0. The number of unbranched alkanes of at least 4 members (excludes halogenated alkanes) is 1. The third-order valence-electron chi connectivity index (χ3n) is 4.13. The second-order valence-corrected chi connectivity index (χ2v) is 5.50. The smallest absolute Gasteiger partial charge is 0.250 e. The SMILES string of the molecule is CCCC/C(=C1\C(=O)NC1CC)c1ccc2c(c1)OCO2. The molecule has 2 aliphatic rings. The molecule has 1 unspecified atom stereocenters. The van der Waals surface area contributed by atoms with E-state index in [9.17, 15) is 4.79 Å². The van der Waals surface area contributed by atoms with Crippen LogP contribution in [0.25, 0.3) is 5.57 Å². The van der Waals surface area contributed by atoms with E-state index in [1.54, 1.807) is 0 Å². The summed E-state index contributed by atoms with van der Waals surface area (Å²) in [6.45, 7) is 4.54. The minimum Gasteiger partial charge on any atom is -0.454 e. The Balaban J connectivity index is 1.99. The fourth-order valence-corrected chi connectivity index (χ4v) is 2.91. The topological polar surface area (TPSA) is 47.6 Å². The van der Waals surface area contributed by atoms with Gasteiger partial charge < -0.3 is 14.8 Å². The van der Waals surface area contributed by atoms with Crippen LogP contribution in [0.3, 0.4) is 0 Å². The summed E-state index contributed by atoms with van der Waals surface area (Å²) < 4.78 is 10.8. The van der Waals surface area contributed by atoms with E-state index in [2.05, 4.69) is 19.2 Å². The quantitative estimate of drug-likeness (QED) is 0.668. The fraction of sp³-hybridized carbons (Fsp3) is 0.471. The zero-order chi connectivity index (χ0) is 14.8. The van der Waals surface area contributed by atoms with Crippen molar-refractivity contribution in [3.63, 3.8) is 0 Å². The molecule has 0 bridgehead atoms. The third-order valence-corrected chi connectivity index (χ3v) is 4.13. The zero-order valence-corrected chi connectivity index (χ0v) is 12.6. The molecule has 2 heterocycles. The molecule has 1 fully saturated rings. The average molecular weight is 287 g/mol. The number of nitrogens with one attached hydrogen (secondary N) is 1. The Bertz CT molecular complexity index is 592. The normalized spacial score (nSPS) is 21.8. The van der Waals surface area contributed by atoms with Gasteiger partial charge in [0.05, 0.1) is 6.04 Å². The largest absolute Gasteiger partial charge is 0.454 e. The second kappa shape index (κ2) is 5.80. The standard InChI is InChI=1S/C17H21NO3/c1-3-5-6-12(16-13(4-2)18-17(16)19)11-7-8-14-15(9-11)21-10-20-14/h7-9,13H,3-6,10H2,1-2H3,(H,18,19)/b16-12+. The number of allylic oxidation sites excluding steroid dienone is 1. The highest BCUT2D eigenvalue weighted by Gasteiger charge is 2.34. The Kier molecular flexibility index (Phi) is 3.86. The van der Waals surface area contributed by atoms with Crippen LogP contribution in [0.5, 0.6) is 11.5 Å². The molecule has 0 spiro atoms. The lowest BCUT2D eigenvalue weighted by atomic mass is 9.85. The van der Waals surface area contributed by atoms with Crippen LogP contribution < -0.4 is 14.8 Å². The molecule has 112 valence electrons. The molecular weight excluding hydrogens is 266 g/mol. The zero-order valence-electron chi connectivity index (χ0n) is 12.6. The van der Waals surface area contributed by atoms with Gasteiger partial charge in [0.15, 0.2) is 11.5 Å². The van der Waals surface area contributed by atoms with E-state index in [0.29, 0.717) is 0 Å². The number of hydrogen-bond donors (Lipinski definition) is 1. The Hall–Kier alpha value is -1.97. The molecule has 1 amide bonds. The highest BCUT2D eigenvalue weighted by Crippen LogP contribution is 2.38. The molecule has 0 radical (unpaired) electrons. The molecule has 1 aromatic carbocycles. The molecule has 21 heavy (non-hydrogen) atoms. The van der Waals surface area contributed by atoms with E-state index in [1.165, 1.54) is 0 Å². The first-order valence-electron chi connectivity index (χ1n) is 7.68. The molecule has 1 aromatic rings. The van der Waals surface area contributed by atoms with Gasteiger partial charge in [-0.05, 0) is 42.5 Å². The molecular formula is C17H21NO3. The number of carbonyl (C=O) groups is 1.